The number of anilines is 1. The number of hydrogen-bond donors (Lipinski definition) is 1. The molecule has 2 rings (SSSR count). The van der Waals surface area contributed by atoms with Crippen LogP contribution in [0.5, 0.6) is 0 Å². The minimum absolute atomic E-state index is 0.142. The normalized spacial score (nSPS) is 23.3. The van der Waals surface area contributed by atoms with Crippen LogP contribution >= 0.6 is 15.9 Å². The van der Waals surface area contributed by atoms with E-state index in [1.807, 2.05) is 32.6 Å². The zero-order valence-corrected chi connectivity index (χ0v) is 17.3. The van der Waals surface area contributed by atoms with Crippen molar-refractivity contribution in [3.05, 3.63) is 18.1 Å². The molecular weight excluding hydrogens is 404 g/mol. The van der Waals surface area contributed by atoms with E-state index < -0.39 is 23.2 Å². The summed E-state index contributed by atoms with van der Waals surface area (Å²) in [6.07, 6.45) is 3.81. The van der Waals surface area contributed by atoms with Gasteiger partial charge >= 0.3 is 12.1 Å². The van der Waals surface area contributed by atoms with Gasteiger partial charge in [0.2, 0.25) is 0 Å². The Bertz CT molecular complexity index is 679. The van der Waals surface area contributed by atoms with Crippen LogP contribution in [0.2, 0.25) is 0 Å². The molecule has 8 nitrogen and oxygen atoms in total. The lowest BCUT2D eigenvalue weighted by Gasteiger charge is -2.43. The molecule has 0 bridgehead atoms. The van der Waals surface area contributed by atoms with Crippen LogP contribution in [-0.4, -0.2) is 51.8 Å². The fraction of sp³-hybridized carbons (Fsp3) is 0.647. The molecule has 1 aliphatic heterocycles. The number of carbonyl (C=O) groups is 2. The van der Waals surface area contributed by atoms with Crippen LogP contribution in [0.15, 0.2) is 12.4 Å². The number of halogens is 1. The van der Waals surface area contributed by atoms with Gasteiger partial charge in [0, 0.05) is 30.9 Å². The van der Waals surface area contributed by atoms with Gasteiger partial charge in [0.1, 0.15) is 5.60 Å². The number of esters is 1. The van der Waals surface area contributed by atoms with Gasteiger partial charge in [-0.05, 0) is 34.1 Å². The second-order valence-electron chi connectivity index (χ2n) is 7.49. The molecule has 144 valence electrons. The van der Waals surface area contributed by atoms with E-state index in [4.69, 9.17) is 9.47 Å². The van der Waals surface area contributed by atoms with Crippen LogP contribution in [0.4, 0.5) is 10.6 Å². The molecule has 0 aliphatic carbocycles. The molecule has 0 saturated carbocycles. The third-order valence-corrected chi connectivity index (χ3v) is 4.81. The first kappa shape index (κ1) is 20.4. The van der Waals surface area contributed by atoms with Crippen LogP contribution in [0.1, 0.15) is 51.0 Å². The predicted octanol–water partition coefficient (Wildman–Crippen LogP) is 2.87. The van der Waals surface area contributed by atoms with E-state index in [2.05, 4.69) is 31.2 Å². The van der Waals surface area contributed by atoms with Gasteiger partial charge < -0.3 is 19.7 Å². The van der Waals surface area contributed by atoms with Crippen LogP contribution in [0, 0.1) is 0 Å². The molecule has 0 spiro atoms. The van der Waals surface area contributed by atoms with E-state index in [1.165, 1.54) is 19.5 Å². The molecule has 1 fully saturated rings. The highest BCUT2D eigenvalue weighted by Crippen LogP contribution is 2.34. The number of piperidine rings is 1. The van der Waals surface area contributed by atoms with Gasteiger partial charge in [-0.1, -0.05) is 15.9 Å². The van der Waals surface area contributed by atoms with Crippen molar-refractivity contribution < 1.29 is 19.1 Å². The molecule has 2 heterocycles. The molecular formula is C17H25BrN4O4. The zero-order chi connectivity index (χ0) is 19.5. The molecule has 2 atom stereocenters. The van der Waals surface area contributed by atoms with Crippen LogP contribution in [0.25, 0.3) is 0 Å². The maximum Gasteiger partial charge on any atom is 0.408 e. The van der Waals surface area contributed by atoms with Crippen molar-refractivity contribution in [3.63, 3.8) is 0 Å². The van der Waals surface area contributed by atoms with Crippen molar-refractivity contribution in [2.75, 3.05) is 18.6 Å². The number of carbonyl (C=O) groups excluding carboxylic acids is 2. The van der Waals surface area contributed by atoms with E-state index in [-0.39, 0.29) is 10.6 Å². The quantitative estimate of drug-likeness (QED) is 0.449. The average Bonchev–Trinajstić information content (AvgIpc) is 2.52. The van der Waals surface area contributed by atoms with Crippen LogP contribution in [0.3, 0.4) is 0 Å². The Morgan fingerprint density at radius 1 is 1.35 bits per heavy atom. The first-order valence-corrected chi connectivity index (χ1v) is 9.27. The highest BCUT2D eigenvalue weighted by atomic mass is 79.9. The van der Waals surface area contributed by atoms with Gasteiger partial charge in [-0.15, -0.1) is 0 Å². The van der Waals surface area contributed by atoms with Crippen molar-refractivity contribution >= 4 is 33.8 Å². The SMILES string of the molecule is COC(=O)c1nccnc1N1CCC(C)(NC(=O)OC(C)(C)C)CC1Br. The number of aromatic nitrogens is 2. The monoisotopic (exact) mass is 428 g/mol. The van der Waals surface area contributed by atoms with Crippen molar-refractivity contribution in [3.8, 4) is 0 Å². The molecule has 1 aromatic heterocycles. The third kappa shape index (κ3) is 5.06. The van der Waals surface area contributed by atoms with Gasteiger partial charge in [-0.3, -0.25) is 0 Å². The Morgan fingerprint density at radius 3 is 2.58 bits per heavy atom. The summed E-state index contributed by atoms with van der Waals surface area (Å²) in [5.41, 5.74) is -0.826. The van der Waals surface area contributed by atoms with Gasteiger partial charge in [0.05, 0.1) is 12.1 Å². The standard InChI is InChI=1S/C17H25BrN4O4/c1-16(2,3)26-15(24)21-17(4)6-9-22(11(18)10-17)13-12(14(23)25-5)19-7-8-20-13/h7-8,11H,6,9-10H2,1-5H3,(H,21,24). The fourth-order valence-electron chi connectivity index (χ4n) is 2.77. The van der Waals surface area contributed by atoms with Gasteiger partial charge in [-0.2, -0.15) is 0 Å². The number of alkyl carbamates (subject to hydrolysis) is 1. The maximum absolute atomic E-state index is 12.1. The van der Waals surface area contributed by atoms with Crippen LogP contribution < -0.4 is 10.2 Å². The summed E-state index contributed by atoms with van der Waals surface area (Å²) in [5, 5.41) is 2.96. The van der Waals surface area contributed by atoms with Gasteiger partial charge in [-0.25, -0.2) is 19.6 Å². The number of rotatable bonds is 3. The molecule has 2 unspecified atom stereocenters. The summed E-state index contributed by atoms with van der Waals surface area (Å²) in [5.74, 6) is -0.0754. The zero-order valence-electron chi connectivity index (χ0n) is 15.7. The molecule has 1 aromatic rings. The van der Waals surface area contributed by atoms with Gasteiger partial charge in [0.15, 0.2) is 11.5 Å². The minimum Gasteiger partial charge on any atom is -0.464 e. The molecule has 26 heavy (non-hydrogen) atoms. The maximum atomic E-state index is 12.1. The molecule has 1 saturated heterocycles. The van der Waals surface area contributed by atoms with E-state index >= 15 is 0 Å². The number of hydrogen-bond acceptors (Lipinski definition) is 7. The molecule has 0 aromatic carbocycles. The third-order valence-electron chi connectivity index (χ3n) is 3.99. The largest absolute Gasteiger partial charge is 0.464 e. The first-order chi connectivity index (χ1) is 12.0. The summed E-state index contributed by atoms with van der Waals surface area (Å²) in [6.45, 7) is 8.03. The summed E-state index contributed by atoms with van der Waals surface area (Å²) in [4.78, 5) is 34.3. The molecule has 1 amide bonds. The van der Waals surface area contributed by atoms with E-state index in [1.54, 1.807) is 0 Å². The lowest BCUT2D eigenvalue weighted by atomic mass is 9.89. The highest BCUT2D eigenvalue weighted by Gasteiger charge is 2.39. The Balaban J connectivity index is 2.11. The van der Waals surface area contributed by atoms with E-state index in [0.29, 0.717) is 25.2 Å². The number of methoxy groups -OCH3 is 1. The lowest BCUT2D eigenvalue weighted by Crippen LogP contribution is -2.56. The first-order valence-electron chi connectivity index (χ1n) is 8.36. The van der Waals surface area contributed by atoms with Crippen molar-refractivity contribution in [1.29, 1.82) is 0 Å². The summed E-state index contributed by atoms with van der Waals surface area (Å²) >= 11 is 3.64. The van der Waals surface area contributed by atoms with Crippen molar-refractivity contribution in [1.82, 2.24) is 15.3 Å². The summed E-state index contributed by atoms with van der Waals surface area (Å²) in [6, 6.07) is 0. The Labute approximate surface area is 161 Å². The lowest BCUT2D eigenvalue weighted by molar-refractivity contribution is 0.0446. The number of nitrogens with one attached hydrogen (secondary N) is 1. The average molecular weight is 429 g/mol. The second-order valence-corrected chi connectivity index (χ2v) is 8.55. The predicted molar refractivity (Wildman–Crippen MR) is 100 cm³/mol. The number of amides is 1. The number of nitrogens with zero attached hydrogens (tertiary/aromatic N) is 3. The summed E-state index contributed by atoms with van der Waals surface area (Å²) in [7, 11) is 1.31. The Hall–Kier alpha value is -1.90. The van der Waals surface area contributed by atoms with Crippen molar-refractivity contribution in [2.24, 2.45) is 0 Å². The summed E-state index contributed by atoms with van der Waals surface area (Å²) < 4.78 is 10.1. The van der Waals surface area contributed by atoms with E-state index in [9.17, 15) is 9.59 Å². The molecule has 1 aliphatic rings. The Morgan fingerprint density at radius 2 is 2.00 bits per heavy atom. The Kier molecular flexibility index (Phi) is 6.10. The van der Waals surface area contributed by atoms with Crippen LogP contribution in [-0.2, 0) is 9.47 Å². The fourth-order valence-corrected chi connectivity index (χ4v) is 3.89. The molecule has 0 radical (unpaired) electrons. The smallest absolute Gasteiger partial charge is 0.408 e. The highest BCUT2D eigenvalue weighted by molar-refractivity contribution is 9.09. The molecule has 9 heteroatoms. The van der Waals surface area contributed by atoms with Crippen molar-refractivity contribution in [2.45, 2.75) is 56.6 Å². The number of alkyl halides is 1. The molecule has 1 N–H and O–H groups in total. The second kappa shape index (κ2) is 7.77. The number of ether oxygens (including phenoxy) is 2. The van der Waals surface area contributed by atoms with Gasteiger partial charge in [0.25, 0.3) is 0 Å². The minimum atomic E-state index is -0.552. The topological polar surface area (TPSA) is 93.6 Å². The van der Waals surface area contributed by atoms with E-state index in [0.717, 1.165) is 0 Å².